The summed E-state index contributed by atoms with van der Waals surface area (Å²) in [4.78, 5) is 0. The molecule has 86 valence electrons. The van der Waals surface area contributed by atoms with Crippen molar-refractivity contribution in [2.45, 2.75) is 24.8 Å². The molecule has 0 aliphatic rings. The molecular weight excluding hydrogens is 212 g/mol. The standard InChI is InChI=1S/C9H18N4OS/c1-7(9(6-14)15-3)10-4-8-5-11-12-13(8)2/h5,7,9-10,14H,4,6H2,1-3H3. The second-order valence-electron chi connectivity index (χ2n) is 3.48. The van der Waals surface area contributed by atoms with E-state index in [1.807, 2.05) is 13.3 Å². The van der Waals surface area contributed by atoms with Crippen molar-refractivity contribution < 1.29 is 5.11 Å². The fourth-order valence-electron chi connectivity index (χ4n) is 1.30. The van der Waals surface area contributed by atoms with E-state index < -0.39 is 0 Å². The van der Waals surface area contributed by atoms with Gasteiger partial charge in [-0.15, -0.1) is 5.10 Å². The van der Waals surface area contributed by atoms with Crippen LogP contribution in [-0.2, 0) is 13.6 Å². The summed E-state index contributed by atoms with van der Waals surface area (Å²) < 4.78 is 1.74. The van der Waals surface area contributed by atoms with Gasteiger partial charge in [-0.1, -0.05) is 5.21 Å². The highest BCUT2D eigenvalue weighted by atomic mass is 32.2. The number of aliphatic hydroxyl groups is 1. The molecule has 0 aromatic carbocycles. The van der Waals surface area contributed by atoms with Crippen LogP contribution in [0.4, 0.5) is 0 Å². The Kier molecular flexibility index (Phi) is 5.07. The van der Waals surface area contributed by atoms with Crippen LogP contribution in [0.1, 0.15) is 12.6 Å². The molecule has 1 rings (SSSR count). The zero-order valence-electron chi connectivity index (χ0n) is 9.34. The van der Waals surface area contributed by atoms with Gasteiger partial charge in [-0.2, -0.15) is 11.8 Å². The first-order valence-electron chi connectivity index (χ1n) is 4.89. The van der Waals surface area contributed by atoms with E-state index in [4.69, 9.17) is 5.11 Å². The van der Waals surface area contributed by atoms with Gasteiger partial charge in [-0.05, 0) is 13.2 Å². The molecule has 0 fully saturated rings. The maximum atomic E-state index is 9.12. The van der Waals surface area contributed by atoms with Crippen molar-refractivity contribution in [1.82, 2.24) is 20.3 Å². The fourth-order valence-corrected chi connectivity index (χ4v) is 1.96. The SMILES string of the molecule is CSC(CO)C(C)NCc1cnnn1C. The van der Waals surface area contributed by atoms with Gasteiger partial charge in [-0.3, -0.25) is 4.68 Å². The Morgan fingerprint density at radius 1 is 1.67 bits per heavy atom. The quantitative estimate of drug-likeness (QED) is 0.721. The molecule has 1 aromatic rings. The average molecular weight is 230 g/mol. The molecule has 1 aromatic heterocycles. The van der Waals surface area contributed by atoms with Crippen molar-refractivity contribution >= 4 is 11.8 Å². The molecule has 5 nitrogen and oxygen atoms in total. The van der Waals surface area contributed by atoms with Crippen LogP contribution in [-0.4, -0.2) is 44.3 Å². The minimum atomic E-state index is 0.193. The zero-order valence-corrected chi connectivity index (χ0v) is 10.2. The van der Waals surface area contributed by atoms with Gasteiger partial charge in [0.1, 0.15) is 0 Å². The van der Waals surface area contributed by atoms with Crippen LogP contribution in [0, 0.1) is 0 Å². The molecule has 15 heavy (non-hydrogen) atoms. The number of nitrogens with zero attached hydrogens (tertiary/aromatic N) is 3. The maximum Gasteiger partial charge on any atom is 0.0738 e. The largest absolute Gasteiger partial charge is 0.395 e. The number of aryl methyl sites for hydroxylation is 1. The molecule has 0 radical (unpaired) electrons. The van der Waals surface area contributed by atoms with Crippen LogP contribution in [0.15, 0.2) is 6.20 Å². The molecule has 0 saturated heterocycles. The first-order valence-corrected chi connectivity index (χ1v) is 6.18. The Bertz CT molecular complexity index is 287. The Balaban J connectivity index is 2.40. The highest BCUT2D eigenvalue weighted by Gasteiger charge is 2.14. The van der Waals surface area contributed by atoms with Crippen LogP contribution >= 0.6 is 11.8 Å². The molecule has 0 amide bonds. The van der Waals surface area contributed by atoms with Crippen LogP contribution in [0.2, 0.25) is 0 Å². The second-order valence-corrected chi connectivity index (χ2v) is 4.55. The molecule has 0 aliphatic heterocycles. The normalized spacial score (nSPS) is 15.2. The molecule has 2 N–H and O–H groups in total. The summed E-state index contributed by atoms with van der Waals surface area (Å²) in [7, 11) is 1.87. The first kappa shape index (κ1) is 12.5. The van der Waals surface area contributed by atoms with E-state index in [0.717, 1.165) is 12.2 Å². The summed E-state index contributed by atoms with van der Waals surface area (Å²) in [5.41, 5.74) is 1.04. The lowest BCUT2D eigenvalue weighted by atomic mass is 10.2. The van der Waals surface area contributed by atoms with Gasteiger partial charge in [0, 0.05) is 24.9 Å². The lowest BCUT2D eigenvalue weighted by Crippen LogP contribution is -2.37. The topological polar surface area (TPSA) is 63.0 Å². The summed E-state index contributed by atoms with van der Waals surface area (Å²) in [5.74, 6) is 0. The van der Waals surface area contributed by atoms with Gasteiger partial charge in [0.05, 0.1) is 18.5 Å². The first-order chi connectivity index (χ1) is 7.19. The summed E-state index contributed by atoms with van der Waals surface area (Å²) in [6.45, 7) is 2.99. The monoisotopic (exact) mass is 230 g/mol. The maximum absolute atomic E-state index is 9.12. The van der Waals surface area contributed by atoms with Crippen molar-refractivity contribution in [2.75, 3.05) is 12.9 Å². The van der Waals surface area contributed by atoms with E-state index in [0.29, 0.717) is 0 Å². The van der Waals surface area contributed by atoms with Crippen molar-refractivity contribution in [3.8, 4) is 0 Å². The van der Waals surface area contributed by atoms with E-state index in [2.05, 4.69) is 22.6 Å². The van der Waals surface area contributed by atoms with E-state index in [1.54, 1.807) is 22.6 Å². The molecule has 1 heterocycles. The number of aliphatic hydroxyl groups excluding tert-OH is 1. The number of rotatable bonds is 6. The van der Waals surface area contributed by atoms with Crippen molar-refractivity contribution in [3.05, 3.63) is 11.9 Å². The highest BCUT2D eigenvalue weighted by Crippen LogP contribution is 2.10. The van der Waals surface area contributed by atoms with Crippen molar-refractivity contribution in [3.63, 3.8) is 0 Å². The Labute approximate surface area is 94.2 Å². The van der Waals surface area contributed by atoms with Gasteiger partial charge in [-0.25, -0.2) is 0 Å². The number of thioether (sulfide) groups is 1. The Hall–Kier alpha value is -0.590. The average Bonchev–Trinajstić information content (AvgIpc) is 2.63. The lowest BCUT2D eigenvalue weighted by Gasteiger charge is -2.21. The Morgan fingerprint density at radius 3 is 2.87 bits per heavy atom. The lowest BCUT2D eigenvalue weighted by molar-refractivity contribution is 0.275. The van der Waals surface area contributed by atoms with Gasteiger partial charge >= 0.3 is 0 Å². The van der Waals surface area contributed by atoms with Gasteiger partial charge < -0.3 is 10.4 Å². The van der Waals surface area contributed by atoms with E-state index in [-0.39, 0.29) is 17.9 Å². The van der Waals surface area contributed by atoms with E-state index >= 15 is 0 Å². The van der Waals surface area contributed by atoms with Crippen LogP contribution < -0.4 is 5.32 Å². The molecular formula is C9H18N4OS. The number of hydrogen-bond acceptors (Lipinski definition) is 5. The van der Waals surface area contributed by atoms with Crippen LogP contribution in [0.3, 0.4) is 0 Å². The molecule has 0 saturated carbocycles. The summed E-state index contributed by atoms with van der Waals surface area (Å²) >= 11 is 1.67. The van der Waals surface area contributed by atoms with Gasteiger partial charge in [0.15, 0.2) is 0 Å². The zero-order chi connectivity index (χ0) is 11.3. The molecule has 2 atom stereocenters. The van der Waals surface area contributed by atoms with E-state index in [9.17, 15) is 0 Å². The molecule has 0 bridgehead atoms. The molecule has 0 aliphatic carbocycles. The summed E-state index contributed by atoms with van der Waals surface area (Å²) in [6.07, 6.45) is 3.75. The number of nitrogens with one attached hydrogen (secondary N) is 1. The summed E-state index contributed by atoms with van der Waals surface area (Å²) in [6, 6.07) is 0.264. The number of hydrogen-bond donors (Lipinski definition) is 2. The van der Waals surface area contributed by atoms with Crippen molar-refractivity contribution in [2.24, 2.45) is 7.05 Å². The second kappa shape index (κ2) is 6.09. The predicted molar refractivity (Wildman–Crippen MR) is 61.7 cm³/mol. The van der Waals surface area contributed by atoms with Gasteiger partial charge in [0.2, 0.25) is 0 Å². The molecule has 0 spiro atoms. The summed E-state index contributed by atoms with van der Waals surface area (Å²) in [5, 5.41) is 20.3. The van der Waals surface area contributed by atoms with Crippen molar-refractivity contribution in [1.29, 1.82) is 0 Å². The highest BCUT2D eigenvalue weighted by molar-refractivity contribution is 7.99. The Morgan fingerprint density at radius 2 is 2.40 bits per heavy atom. The smallest absolute Gasteiger partial charge is 0.0738 e. The molecule has 2 unspecified atom stereocenters. The number of aromatic nitrogens is 3. The van der Waals surface area contributed by atoms with E-state index in [1.165, 1.54) is 0 Å². The van der Waals surface area contributed by atoms with Crippen LogP contribution in [0.5, 0.6) is 0 Å². The minimum Gasteiger partial charge on any atom is -0.395 e. The predicted octanol–water partition coefficient (Wildman–Crippen LogP) is 0.0171. The fraction of sp³-hybridized carbons (Fsp3) is 0.778. The van der Waals surface area contributed by atoms with Crippen LogP contribution in [0.25, 0.3) is 0 Å². The minimum absolute atomic E-state index is 0.193. The third-order valence-corrected chi connectivity index (χ3v) is 3.62. The third kappa shape index (κ3) is 3.48. The molecule has 6 heteroatoms. The van der Waals surface area contributed by atoms with Gasteiger partial charge in [0.25, 0.3) is 0 Å². The third-order valence-electron chi connectivity index (χ3n) is 2.45.